The Morgan fingerprint density at radius 3 is 2.63 bits per heavy atom. The quantitative estimate of drug-likeness (QED) is 0.769. The second kappa shape index (κ2) is 5.48. The fraction of sp³-hybridized carbons (Fsp3) is 0.143. The van der Waals surface area contributed by atoms with E-state index in [1.54, 1.807) is 18.2 Å². The predicted molar refractivity (Wildman–Crippen MR) is 66.7 cm³/mol. The molecule has 1 heterocycles. The Balaban J connectivity index is 2.29. The van der Waals surface area contributed by atoms with Crippen LogP contribution in [0.5, 0.6) is 0 Å². The number of benzene rings is 1. The topological polar surface area (TPSA) is 46.6 Å². The molecule has 0 aliphatic carbocycles. The van der Waals surface area contributed by atoms with Gasteiger partial charge in [0.15, 0.2) is 0 Å². The molecule has 0 unspecified atom stereocenters. The van der Waals surface area contributed by atoms with Crippen LogP contribution in [-0.4, -0.2) is 24.4 Å². The molecule has 5 heteroatoms. The van der Waals surface area contributed by atoms with Crippen LogP contribution in [0, 0.1) is 5.82 Å². The van der Waals surface area contributed by atoms with E-state index in [-0.39, 0.29) is 11.7 Å². The summed E-state index contributed by atoms with van der Waals surface area (Å²) in [7, 11) is 1.26. The minimum atomic E-state index is -0.576. The van der Waals surface area contributed by atoms with Crippen LogP contribution in [0.1, 0.15) is 11.5 Å². The van der Waals surface area contributed by atoms with Gasteiger partial charge in [0.1, 0.15) is 12.1 Å². The second-order valence-corrected chi connectivity index (χ2v) is 3.99. The van der Waals surface area contributed by atoms with E-state index in [1.807, 2.05) is 0 Å². The van der Waals surface area contributed by atoms with E-state index in [0.29, 0.717) is 11.9 Å². The molecule has 0 spiro atoms. The molecule has 4 nitrogen and oxygen atoms in total. The SMILES string of the molecule is COC(=O)N1C=C[C@@H](c2ccc(F)cc2)C(C=O)=C1. The number of carbonyl (C=O) groups excluding carboxylic acids is 2. The molecule has 1 atom stereocenters. The summed E-state index contributed by atoms with van der Waals surface area (Å²) in [6.07, 6.45) is 4.72. The Kier molecular flexibility index (Phi) is 3.75. The van der Waals surface area contributed by atoms with E-state index in [2.05, 4.69) is 4.74 Å². The predicted octanol–water partition coefficient (Wildman–Crippen LogP) is 2.59. The zero-order chi connectivity index (χ0) is 13.8. The van der Waals surface area contributed by atoms with Crippen LogP contribution >= 0.6 is 0 Å². The summed E-state index contributed by atoms with van der Waals surface area (Å²) >= 11 is 0. The Labute approximate surface area is 109 Å². The van der Waals surface area contributed by atoms with Crippen LogP contribution in [0.4, 0.5) is 9.18 Å². The molecule has 0 saturated carbocycles. The molecule has 0 fully saturated rings. The minimum Gasteiger partial charge on any atom is -0.452 e. The highest BCUT2D eigenvalue weighted by atomic mass is 19.1. The zero-order valence-electron chi connectivity index (χ0n) is 10.2. The summed E-state index contributed by atoms with van der Waals surface area (Å²) in [5.74, 6) is -0.629. The van der Waals surface area contributed by atoms with Crippen LogP contribution in [0.3, 0.4) is 0 Å². The largest absolute Gasteiger partial charge is 0.452 e. The molecule has 1 aliphatic rings. The summed E-state index contributed by atoms with van der Waals surface area (Å²) in [5.41, 5.74) is 1.18. The highest BCUT2D eigenvalue weighted by Gasteiger charge is 2.21. The van der Waals surface area contributed by atoms with Gasteiger partial charge in [0.25, 0.3) is 0 Å². The lowest BCUT2D eigenvalue weighted by Crippen LogP contribution is -2.24. The number of hydrogen-bond acceptors (Lipinski definition) is 3. The maximum atomic E-state index is 12.9. The van der Waals surface area contributed by atoms with Crippen molar-refractivity contribution in [3.63, 3.8) is 0 Å². The van der Waals surface area contributed by atoms with Crippen molar-refractivity contribution in [3.8, 4) is 0 Å². The lowest BCUT2D eigenvalue weighted by molar-refractivity contribution is -0.105. The number of ether oxygens (including phenoxy) is 1. The summed E-state index contributed by atoms with van der Waals surface area (Å²) < 4.78 is 17.4. The Morgan fingerprint density at radius 2 is 2.05 bits per heavy atom. The third kappa shape index (κ3) is 2.70. The fourth-order valence-corrected chi connectivity index (χ4v) is 1.87. The van der Waals surface area contributed by atoms with Crippen LogP contribution in [0.25, 0.3) is 0 Å². The van der Waals surface area contributed by atoms with Gasteiger partial charge in [-0.25, -0.2) is 9.18 Å². The summed E-state index contributed by atoms with van der Waals surface area (Å²) in [6.45, 7) is 0. The van der Waals surface area contributed by atoms with Crippen molar-refractivity contribution >= 4 is 12.4 Å². The average molecular weight is 261 g/mol. The van der Waals surface area contributed by atoms with Crippen molar-refractivity contribution in [2.24, 2.45) is 0 Å². The maximum Gasteiger partial charge on any atom is 0.417 e. The van der Waals surface area contributed by atoms with Crippen molar-refractivity contribution in [2.45, 2.75) is 5.92 Å². The third-order valence-corrected chi connectivity index (χ3v) is 2.84. The first-order valence-electron chi connectivity index (χ1n) is 5.62. The van der Waals surface area contributed by atoms with Gasteiger partial charge in [0.05, 0.1) is 7.11 Å². The molecule has 0 N–H and O–H groups in total. The van der Waals surface area contributed by atoms with Crippen molar-refractivity contribution in [2.75, 3.05) is 7.11 Å². The van der Waals surface area contributed by atoms with Crippen LogP contribution in [0.15, 0.2) is 48.3 Å². The molecular formula is C14H12FNO3. The molecule has 1 aromatic carbocycles. The first-order chi connectivity index (χ1) is 9.15. The van der Waals surface area contributed by atoms with Crippen molar-refractivity contribution in [1.82, 2.24) is 4.90 Å². The van der Waals surface area contributed by atoms with Crippen LogP contribution < -0.4 is 0 Å². The smallest absolute Gasteiger partial charge is 0.417 e. The average Bonchev–Trinajstić information content (AvgIpc) is 2.46. The lowest BCUT2D eigenvalue weighted by Gasteiger charge is -2.22. The number of aldehydes is 1. The first-order valence-corrected chi connectivity index (χ1v) is 5.62. The number of amides is 1. The van der Waals surface area contributed by atoms with Gasteiger partial charge >= 0.3 is 6.09 Å². The Hall–Kier alpha value is -2.43. The molecule has 1 aromatic rings. The number of allylic oxidation sites excluding steroid dienone is 2. The van der Waals surface area contributed by atoms with E-state index in [9.17, 15) is 14.0 Å². The standard InChI is InChI=1S/C14H12FNO3/c1-19-14(18)16-7-6-13(11(8-16)9-17)10-2-4-12(15)5-3-10/h2-9,13H,1H3/t13-/m0/s1. The molecule has 19 heavy (non-hydrogen) atoms. The van der Waals surface area contributed by atoms with Crippen LogP contribution in [-0.2, 0) is 9.53 Å². The van der Waals surface area contributed by atoms with E-state index < -0.39 is 6.09 Å². The van der Waals surface area contributed by atoms with Gasteiger partial charge in [-0.3, -0.25) is 9.69 Å². The number of rotatable bonds is 2. The molecule has 98 valence electrons. The number of halogens is 1. The van der Waals surface area contributed by atoms with Gasteiger partial charge in [-0.2, -0.15) is 0 Å². The van der Waals surface area contributed by atoms with Gasteiger partial charge in [0, 0.05) is 23.9 Å². The molecule has 1 aliphatic heterocycles. The van der Waals surface area contributed by atoms with Crippen molar-refractivity contribution < 1.29 is 18.7 Å². The second-order valence-electron chi connectivity index (χ2n) is 3.99. The van der Waals surface area contributed by atoms with E-state index >= 15 is 0 Å². The van der Waals surface area contributed by atoms with Gasteiger partial charge < -0.3 is 4.74 Å². The van der Waals surface area contributed by atoms with Crippen molar-refractivity contribution in [3.05, 3.63) is 59.7 Å². The summed E-state index contributed by atoms with van der Waals surface area (Å²) in [6, 6.07) is 5.88. The highest BCUT2D eigenvalue weighted by molar-refractivity contribution is 5.80. The molecule has 1 amide bonds. The molecule has 0 saturated heterocycles. The van der Waals surface area contributed by atoms with E-state index in [4.69, 9.17) is 0 Å². The monoisotopic (exact) mass is 261 g/mol. The number of methoxy groups -OCH3 is 1. The number of nitrogens with zero attached hydrogens (tertiary/aromatic N) is 1. The lowest BCUT2D eigenvalue weighted by atomic mass is 9.91. The van der Waals surface area contributed by atoms with E-state index in [1.165, 1.54) is 36.5 Å². The Morgan fingerprint density at radius 1 is 1.37 bits per heavy atom. The van der Waals surface area contributed by atoms with Gasteiger partial charge in [-0.15, -0.1) is 0 Å². The van der Waals surface area contributed by atoms with Crippen LogP contribution in [0.2, 0.25) is 0 Å². The Bertz CT molecular complexity index is 548. The van der Waals surface area contributed by atoms with Gasteiger partial charge in [-0.1, -0.05) is 18.2 Å². The normalized spacial score (nSPS) is 17.9. The molecule has 0 bridgehead atoms. The maximum absolute atomic E-state index is 12.9. The van der Waals surface area contributed by atoms with Gasteiger partial charge in [0.2, 0.25) is 0 Å². The molecule has 2 rings (SSSR count). The fourth-order valence-electron chi connectivity index (χ4n) is 1.87. The summed E-state index contributed by atoms with van der Waals surface area (Å²) in [4.78, 5) is 23.7. The number of hydrogen-bond donors (Lipinski definition) is 0. The minimum absolute atomic E-state index is 0.293. The number of carbonyl (C=O) groups is 2. The molecule has 0 radical (unpaired) electrons. The van der Waals surface area contributed by atoms with Gasteiger partial charge in [-0.05, 0) is 17.7 Å². The van der Waals surface area contributed by atoms with Crippen molar-refractivity contribution in [1.29, 1.82) is 0 Å². The molecular weight excluding hydrogens is 249 g/mol. The highest BCUT2D eigenvalue weighted by Crippen LogP contribution is 2.28. The van der Waals surface area contributed by atoms with E-state index in [0.717, 1.165) is 5.56 Å². The summed E-state index contributed by atoms with van der Waals surface area (Å²) in [5, 5.41) is 0. The third-order valence-electron chi connectivity index (χ3n) is 2.84. The first kappa shape index (κ1) is 13.0. The zero-order valence-corrected chi connectivity index (χ0v) is 10.2. The molecule has 0 aromatic heterocycles.